The molecule has 0 bridgehead atoms. The molecule has 0 fully saturated rings. The highest BCUT2D eigenvalue weighted by Crippen LogP contribution is 2.56. The number of fused-ring (bicyclic) bond motifs is 10. The number of nitrogens with one attached hydrogen (secondary N) is 2. The first-order valence-electron chi connectivity index (χ1n) is 17.5. The zero-order valence-corrected chi connectivity index (χ0v) is 28.4. The average Bonchev–Trinajstić information content (AvgIpc) is 3.63. The van der Waals surface area contributed by atoms with E-state index in [4.69, 9.17) is 5.73 Å². The van der Waals surface area contributed by atoms with Gasteiger partial charge in [-0.05, 0) is 67.9 Å². The van der Waals surface area contributed by atoms with Gasteiger partial charge in [-0.25, -0.2) is 5.43 Å². The molecule has 0 radical (unpaired) electrons. The lowest BCUT2D eigenvalue weighted by Crippen LogP contribution is -2.40. The van der Waals surface area contributed by atoms with E-state index in [1.54, 1.807) is 0 Å². The minimum atomic E-state index is -0.283. The number of para-hydroxylation sites is 1. The highest BCUT2D eigenvalue weighted by molar-refractivity contribution is 6.26. The van der Waals surface area contributed by atoms with E-state index in [2.05, 4.69) is 175 Å². The zero-order valence-electron chi connectivity index (χ0n) is 28.4. The van der Waals surface area contributed by atoms with E-state index in [9.17, 15) is 0 Å². The van der Waals surface area contributed by atoms with Crippen LogP contribution in [0.5, 0.6) is 0 Å². The molecule has 9 rings (SSSR count). The normalized spacial score (nSPS) is 14.5. The van der Waals surface area contributed by atoms with Gasteiger partial charge in [0, 0.05) is 28.4 Å². The monoisotopic (exact) mass is 648 g/mol. The van der Waals surface area contributed by atoms with Gasteiger partial charge in [0.25, 0.3) is 0 Å². The van der Waals surface area contributed by atoms with Crippen LogP contribution in [0.1, 0.15) is 53.7 Å². The van der Waals surface area contributed by atoms with E-state index in [1.807, 2.05) is 12.1 Å². The van der Waals surface area contributed by atoms with Crippen molar-refractivity contribution in [1.82, 2.24) is 15.4 Å². The summed E-state index contributed by atoms with van der Waals surface area (Å²) in [5.41, 5.74) is 26.4. The van der Waals surface area contributed by atoms with E-state index in [0.717, 1.165) is 16.8 Å². The smallest absolute Gasteiger partial charge is 0.0655 e. The van der Waals surface area contributed by atoms with Crippen LogP contribution < -0.4 is 16.6 Å². The molecule has 244 valence electrons. The van der Waals surface area contributed by atoms with Crippen molar-refractivity contribution in [2.75, 3.05) is 0 Å². The Kier molecular flexibility index (Phi) is 7.40. The quantitative estimate of drug-likeness (QED) is 0.144. The molecule has 1 unspecified atom stereocenters. The largest absolute Gasteiger partial charge is 0.322 e. The summed E-state index contributed by atoms with van der Waals surface area (Å²) in [5.74, 6) is 0. The summed E-state index contributed by atoms with van der Waals surface area (Å²) in [6.45, 7) is 5.47. The Morgan fingerprint density at radius 1 is 0.620 bits per heavy atom. The lowest BCUT2D eigenvalue weighted by molar-refractivity contribution is 0.385. The van der Waals surface area contributed by atoms with E-state index >= 15 is 0 Å². The molecule has 0 amide bonds. The first-order chi connectivity index (χ1) is 24.5. The van der Waals surface area contributed by atoms with Crippen molar-refractivity contribution < 1.29 is 0 Å². The van der Waals surface area contributed by atoms with Crippen LogP contribution in [-0.2, 0) is 12.0 Å². The first kappa shape index (κ1) is 30.5. The number of aromatic nitrogens is 1. The van der Waals surface area contributed by atoms with Crippen LogP contribution in [-0.4, -0.2) is 4.57 Å². The molecule has 0 aliphatic heterocycles. The summed E-state index contributed by atoms with van der Waals surface area (Å²) in [5, 5.41) is 5.20. The standard InChI is InChI=1S/C46H40N4/c1-46(2)38-23-13-11-21-36(38)40-34-19-9-10-20-35(34)41-37-22-12-14-24-39(37)50(45(41)42(40)46)33-27-25-31(26-28-33)43(47)44(32-17-7-4-8-18-32)49-48-29-30-15-5-3-6-16-30/h3-28,43-44,48-49H,29,47H2,1-2H3/t43-,44?/m0/s1. The van der Waals surface area contributed by atoms with Gasteiger partial charge in [0.05, 0.1) is 23.1 Å². The fourth-order valence-corrected chi connectivity index (χ4v) is 8.40. The minimum absolute atomic E-state index is 0.132. The second-order valence-corrected chi connectivity index (χ2v) is 14.0. The molecule has 0 saturated carbocycles. The highest BCUT2D eigenvalue weighted by atomic mass is 15.4. The van der Waals surface area contributed by atoms with Gasteiger partial charge in [-0.1, -0.05) is 153 Å². The van der Waals surface area contributed by atoms with Crippen molar-refractivity contribution in [3.05, 3.63) is 186 Å². The first-order valence-corrected chi connectivity index (χ1v) is 17.5. The summed E-state index contributed by atoms with van der Waals surface area (Å²) in [6.07, 6.45) is 0. The third-order valence-electron chi connectivity index (χ3n) is 10.8. The van der Waals surface area contributed by atoms with Crippen LogP contribution in [0.15, 0.2) is 158 Å². The van der Waals surface area contributed by atoms with Crippen LogP contribution in [0.25, 0.3) is 49.4 Å². The molecule has 4 nitrogen and oxygen atoms in total. The molecule has 50 heavy (non-hydrogen) atoms. The summed E-state index contributed by atoms with van der Waals surface area (Å²) in [4.78, 5) is 0. The van der Waals surface area contributed by atoms with Crippen LogP contribution >= 0.6 is 0 Å². The Morgan fingerprint density at radius 3 is 2.00 bits per heavy atom. The van der Waals surface area contributed by atoms with Crippen molar-refractivity contribution in [2.24, 2.45) is 5.73 Å². The van der Waals surface area contributed by atoms with Crippen LogP contribution in [0, 0.1) is 0 Å². The topological polar surface area (TPSA) is 55.0 Å². The number of hydrazine groups is 1. The molecular formula is C46H40N4. The molecule has 1 aliphatic carbocycles. The third kappa shape index (κ3) is 4.79. The second kappa shape index (κ2) is 12.1. The Balaban J connectivity index is 1.18. The van der Waals surface area contributed by atoms with E-state index in [1.165, 1.54) is 60.4 Å². The van der Waals surface area contributed by atoms with E-state index < -0.39 is 0 Å². The van der Waals surface area contributed by atoms with Crippen LogP contribution in [0.3, 0.4) is 0 Å². The maximum absolute atomic E-state index is 7.11. The summed E-state index contributed by atoms with van der Waals surface area (Å²) < 4.78 is 2.49. The molecule has 7 aromatic carbocycles. The van der Waals surface area contributed by atoms with Gasteiger partial charge < -0.3 is 10.3 Å². The lowest BCUT2D eigenvalue weighted by Gasteiger charge is -2.27. The maximum Gasteiger partial charge on any atom is 0.0655 e. The fourth-order valence-electron chi connectivity index (χ4n) is 8.40. The average molecular weight is 649 g/mol. The van der Waals surface area contributed by atoms with Crippen molar-refractivity contribution in [1.29, 1.82) is 0 Å². The fraction of sp³-hybridized carbons (Fsp3) is 0.130. The zero-order chi connectivity index (χ0) is 33.8. The van der Waals surface area contributed by atoms with Crippen molar-refractivity contribution in [3.8, 4) is 16.8 Å². The molecule has 8 aromatic rings. The summed E-state index contributed by atoms with van der Waals surface area (Å²) >= 11 is 0. The van der Waals surface area contributed by atoms with Gasteiger partial charge >= 0.3 is 0 Å². The summed E-state index contributed by atoms with van der Waals surface area (Å²) in [7, 11) is 0. The molecule has 1 aromatic heterocycles. The van der Waals surface area contributed by atoms with Gasteiger partial charge in [-0.2, -0.15) is 0 Å². The van der Waals surface area contributed by atoms with Gasteiger partial charge in [-0.3, -0.25) is 5.43 Å². The van der Waals surface area contributed by atoms with Crippen molar-refractivity contribution in [2.45, 2.75) is 37.9 Å². The number of benzene rings is 7. The number of nitrogens with two attached hydrogens (primary N) is 1. The third-order valence-corrected chi connectivity index (χ3v) is 10.8. The van der Waals surface area contributed by atoms with Gasteiger partial charge in [0.15, 0.2) is 0 Å². The number of hydrogen-bond donors (Lipinski definition) is 3. The molecular weight excluding hydrogens is 609 g/mol. The van der Waals surface area contributed by atoms with Gasteiger partial charge in [0.1, 0.15) is 0 Å². The molecule has 0 spiro atoms. The second-order valence-electron chi connectivity index (χ2n) is 14.0. The van der Waals surface area contributed by atoms with Gasteiger partial charge in [-0.15, -0.1) is 0 Å². The predicted octanol–water partition coefficient (Wildman–Crippen LogP) is 10.3. The molecule has 1 heterocycles. The lowest BCUT2D eigenvalue weighted by atomic mass is 9.80. The minimum Gasteiger partial charge on any atom is -0.322 e. The predicted molar refractivity (Wildman–Crippen MR) is 208 cm³/mol. The number of nitrogens with zero attached hydrogens (tertiary/aromatic N) is 1. The van der Waals surface area contributed by atoms with Crippen molar-refractivity contribution >= 4 is 32.6 Å². The van der Waals surface area contributed by atoms with E-state index in [-0.39, 0.29) is 17.5 Å². The molecule has 4 N–H and O–H groups in total. The van der Waals surface area contributed by atoms with Crippen LogP contribution in [0.4, 0.5) is 0 Å². The molecule has 4 heteroatoms. The molecule has 2 atom stereocenters. The Morgan fingerprint density at radius 2 is 1.24 bits per heavy atom. The molecule has 0 saturated heterocycles. The number of rotatable bonds is 8. The van der Waals surface area contributed by atoms with Gasteiger partial charge in [0.2, 0.25) is 0 Å². The summed E-state index contributed by atoms with van der Waals surface area (Å²) in [6, 6.07) is 56.2. The highest BCUT2D eigenvalue weighted by Gasteiger charge is 2.40. The molecule has 1 aliphatic rings. The van der Waals surface area contributed by atoms with E-state index in [0.29, 0.717) is 6.54 Å². The Bertz CT molecular complexity index is 2500. The van der Waals surface area contributed by atoms with Crippen molar-refractivity contribution in [3.63, 3.8) is 0 Å². The number of hydrogen-bond acceptors (Lipinski definition) is 3. The maximum atomic E-state index is 7.11. The Hall–Kier alpha value is -5.52. The SMILES string of the molecule is CC1(C)c2ccccc2-c2c1c1c(c3ccccc23)c2ccccc2n1-c1ccc([C@H](N)C(NNCc2ccccc2)c2ccccc2)cc1. The van der Waals surface area contributed by atoms with Crippen LogP contribution in [0.2, 0.25) is 0 Å². The Labute approximate surface area is 293 Å².